The number of hydrogen-bond donors (Lipinski definition) is 1. The van der Waals surface area contributed by atoms with Crippen molar-refractivity contribution in [3.05, 3.63) is 35.4 Å². The summed E-state index contributed by atoms with van der Waals surface area (Å²) in [6.07, 6.45) is 25.4. The van der Waals surface area contributed by atoms with Crippen LogP contribution in [0.2, 0.25) is 0 Å². The number of amides is 2. The second-order valence-electron chi connectivity index (χ2n) is 11.4. The first-order valence-corrected chi connectivity index (χ1v) is 16.4. The number of esters is 1. The van der Waals surface area contributed by atoms with Crippen molar-refractivity contribution in [1.82, 2.24) is 10.2 Å². The van der Waals surface area contributed by atoms with Gasteiger partial charge in [-0.25, -0.2) is 4.79 Å². The SMILES string of the molecule is C#CCN(C(=O)OCOC(=O)CCCCNC(=O)CCCCCCCCCCCCCCC)[C@@H]1CCc2ccccc21. The number of carbonyl (C=O) groups excluding carboxylic acids is 3. The van der Waals surface area contributed by atoms with E-state index in [1.807, 2.05) is 18.2 Å². The number of unbranched alkanes of at least 4 members (excludes halogenated alkanes) is 13. The quantitative estimate of drug-likeness (QED) is 0.0611. The summed E-state index contributed by atoms with van der Waals surface area (Å²) in [4.78, 5) is 38.3. The van der Waals surface area contributed by atoms with Crippen LogP contribution in [0.15, 0.2) is 24.3 Å². The highest BCUT2D eigenvalue weighted by atomic mass is 16.7. The summed E-state index contributed by atoms with van der Waals surface area (Å²) < 4.78 is 10.3. The van der Waals surface area contributed by atoms with Crippen molar-refractivity contribution in [2.45, 2.75) is 135 Å². The molecule has 1 atom stereocenters. The van der Waals surface area contributed by atoms with Crippen molar-refractivity contribution in [3.63, 3.8) is 0 Å². The Balaban J connectivity index is 1.42. The first kappa shape index (κ1) is 35.2. The largest absolute Gasteiger partial charge is 0.428 e. The topological polar surface area (TPSA) is 84.9 Å². The second-order valence-corrected chi connectivity index (χ2v) is 11.4. The molecule has 2 amide bonds. The van der Waals surface area contributed by atoms with E-state index in [-0.39, 0.29) is 24.9 Å². The molecule has 0 aromatic heterocycles. The molecule has 42 heavy (non-hydrogen) atoms. The van der Waals surface area contributed by atoms with Crippen LogP contribution in [0.3, 0.4) is 0 Å². The molecule has 0 radical (unpaired) electrons. The van der Waals surface area contributed by atoms with Crippen molar-refractivity contribution in [3.8, 4) is 12.3 Å². The lowest BCUT2D eigenvalue weighted by atomic mass is 10.0. The number of nitrogens with zero attached hydrogens (tertiary/aromatic N) is 1. The number of aryl methyl sites for hydroxylation is 1. The molecule has 7 nitrogen and oxygen atoms in total. The van der Waals surface area contributed by atoms with Gasteiger partial charge < -0.3 is 14.8 Å². The molecule has 0 saturated carbocycles. The average molecular weight is 583 g/mol. The lowest BCUT2D eigenvalue weighted by Gasteiger charge is -2.27. The molecular formula is C35H54N2O5. The highest BCUT2D eigenvalue weighted by Gasteiger charge is 2.31. The van der Waals surface area contributed by atoms with E-state index < -0.39 is 18.9 Å². The van der Waals surface area contributed by atoms with Crippen molar-refractivity contribution in [1.29, 1.82) is 0 Å². The number of fused-ring (bicyclic) bond motifs is 1. The summed E-state index contributed by atoms with van der Waals surface area (Å²) in [7, 11) is 0. The first-order valence-electron chi connectivity index (χ1n) is 16.4. The number of nitrogens with one attached hydrogen (secondary N) is 1. The smallest absolute Gasteiger partial charge is 0.413 e. The zero-order valence-electron chi connectivity index (χ0n) is 26.0. The molecule has 7 heteroatoms. The van der Waals surface area contributed by atoms with E-state index in [1.54, 1.807) is 0 Å². The van der Waals surface area contributed by atoms with Crippen molar-refractivity contribution in [2.24, 2.45) is 0 Å². The van der Waals surface area contributed by atoms with E-state index >= 15 is 0 Å². The first-order chi connectivity index (χ1) is 20.6. The lowest BCUT2D eigenvalue weighted by molar-refractivity contribution is -0.152. The Morgan fingerprint density at radius 1 is 0.857 bits per heavy atom. The minimum atomic E-state index is -0.589. The zero-order chi connectivity index (χ0) is 30.3. The van der Waals surface area contributed by atoms with Gasteiger partial charge in [-0.05, 0) is 43.2 Å². The van der Waals surface area contributed by atoms with E-state index in [0.29, 0.717) is 25.8 Å². The van der Waals surface area contributed by atoms with Crippen molar-refractivity contribution in [2.75, 3.05) is 19.9 Å². The summed E-state index contributed by atoms with van der Waals surface area (Å²) in [5.74, 6) is 2.17. The summed E-state index contributed by atoms with van der Waals surface area (Å²) in [6.45, 7) is 2.48. The third kappa shape index (κ3) is 14.8. The van der Waals surface area contributed by atoms with E-state index in [9.17, 15) is 14.4 Å². The molecule has 0 aliphatic heterocycles. The fraction of sp³-hybridized carbons (Fsp3) is 0.686. The number of ether oxygens (including phenoxy) is 2. The van der Waals surface area contributed by atoms with Gasteiger partial charge in [0.05, 0.1) is 12.6 Å². The Hall–Kier alpha value is -3.01. The number of rotatable bonds is 23. The Bertz CT molecular complexity index is 957. The summed E-state index contributed by atoms with van der Waals surface area (Å²) in [6, 6.07) is 7.86. The minimum Gasteiger partial charge on any atom is -0.428 e. The standard InChI is InChI=1S/C35H54N2O5/c1-3-5-6-7-8-9-10-11-12-13-14-15-16-23-33(38)36-27-20-19-24-34(39)41-29-42-35(40)37(28-4-2)32-26-25-30-21-17-18-22-31(30)32/h2,17-18,21-22,32H,3,5-16,19-20,23-29H2,1H3,(H,36,38)/t32-/m1/s1. The highest BCUT2D eigenvalue weighted by molar-refractivity contribution is 5.75. The molecule has 0 heterocycles. The van der Waals surface area contributed by atoms with Crippen molar-refractivity contribution >= 4 is 18.0 Å². The number of terminal acetylenes is 1. The molecule has 0 fully saturated rings. The van der Waals surface area contributed by atoms with E-state index in [0.717, 1.165) is 31.2 Å². The Morgan fingerprint density at radius 3 is 2.14 bits per heavy atom. The summed E-state index contributed by atoms with van der Waals surface area (Å²) >= 11 is 0. The van der Waals surface area contributed by atoms with Crippen LogP contribution in [0.5, 0.6) is 0 Å². The summed E-state index contributed by atoms with van der Waals surface area (Å²) in [5.41, 5.74) is 2.29. The van der Waals surface area contributed by atoms with Gasteiger partial charge in [0.2, 0.25) is 12.7 Å². The molecule has 234 valence electrons. The Labute approximate surface area is 254 Å². The molecule has 0 spiro atoms. The minimum absolute atomic E-state index is 0.0778. The van der Waals surface area contributed by atoms with Gasteiger partial charge in [-0.1, -0.05) is 114 Å². The fourth-order valence-corrected chi connectivity index (χ4v) is 5.57. The van der Waals surface area contributed by atoms with Crippen LogP contribution in [0.25, 0.3) is 0 Å². The predicted octanol–water partition coefficient (Wildman–Crippen LogP) is 8.01. The van der Waals surface area contributed by atoms with Gasteiger partial charge in [0.15, 0.2) is 0 Å². The van der Waals surface area contributed by atoms with Crippen LogP contribution < -0.4 is 5.32 Å². The molecule has 1 aliphatic rings. The molecule has 1 aliphatic carbocycles. The van der Waals surface area contributed by atoms with Crippen LogP contribution in [-0.2, 0) is 25.5 Å². The lowest BCUT2D eigenvalue weighted by Crippen LogP contribution is -2.35. The molecule has 1 aromatic carbocycles. The van der Waals surface area contributed by atoms with E-state index in [4.69, 9.17) is 15.9 Å². The molecule has 0 bridgehead atoms. The third-order valence-electron chi connectivity index (χ3n) is 8.01. The van der Waals surface area contributed by atoms with Crippen LogP contribution in [0.4, 0.5) is 4.79 Å². The molecule has 2 rings (SSSR count). The molecule has 0 unspecified atom stereocenters. The maximum atomic E-state index is 12.7. The number of carbonyl (C=O) groups is 3. The van der Waals surface area contributed by atoms with Crippen LogP contribution in [-0.4, -0.2) is 42.8 Å². The van der Waals surface area contributed by atoms with Gasteiger partial charge in [0.25, 0.3) is 0 Å². The van der Waals surface area contributed by atoms with Crippen LogP contribution >= 0.6 is 0 Å². The van der Waals surface area contributed by atoms with Gasteiger partial charge in [-0.15, -0.1) is 6.42 Å². The fourth-order valence-electron chi connectivity index (χ4n) is 5.57. The van der Waals surface area contributed by atoms with Crippen LogP contribution in [0.1, 0.15) is 140 Å². The molecular weight excluding hydrogens is 528 g/mol. The van der Waals surface area contributed by atoms with Gasteiger partial charge in [-0.3, -0.25) is 14.5 Å². The van der Waals surface area contributed by atoms with Gasteiger partial charge in [0, 0.05) is 19.4 Å². The Morgan fingerprint density at radius 2 is 1.48 bits per heavy atom. The van der Waals surface area contributed by atoms with E-state index in [1.165, 1.54) is 81.1 Å². The van der Waals surface area contributed by atoms with Gasteiger partial charge in [0.1, 0.15) is 0 Å². The maximum Gasteiger partial charge on any atom is 0.413 e. The zero-order valence-corrected chi connectivity index (χ0v) is 26.0. The summed E-state index contributed by atoms with van der Waals surface area (Å²) in [5, 5.41) is 2.93. The normalized spacial score (nSPS) is 13.7. The number of hydrogen-bond acceptors (Lipinski definition) is 5. The maximum absolute atomic E-state index is 12.7. The van der Waals surface area contributed by atoms with Gasteiger partial charge in [-0.2, -0.15) is 0 Å². The Kier molecular flexibility index (Phi) is 18.9. The average Bonchev–Trinajstić information content (AvgIpc) is 3.42. The molecule has 0 saturated heterocycles. The molecule has 1 aromatic rings. The molecule has 1 N–H and O–H groups in total. The van der Waals surface area contributed by atoms with Crippen LogP contribution in [0, 0.1) is 12.3 Å². The van der Waals surface area contributed by atoms with Gasteiger partial charge >= 0.3 is 12.1 Å². The van der Waals surface area contributed by atoms with E-state index in [2.05, 4.69) is 24.2 Å². The third-order valence-corrected chi connectivity index (χ3v) is 8.01. The van der Waals surface area contributed by atoms with Crippen molar-refractivity contribution < 1.29 is 23.9 Å². The second kappa shape index (κ2) is 22.6. The monoisotopic (exact) mass is 582 g/mol. The predicted molar refractivity (Wildman–Crippen MR) is 168 cm³/mol. The highest BCUT2D eigenvalue weighted by Crippen LogP contribution is 2.35. The number of benzene rings is 1.